The van der Waals surface area contributed by atoms with Crippen LogP contribution in [0.2, 0.25) is 0 Å². The molecule has 2 rings (SSSR count). The summed E-state index contributed by atoms with van der Waals surface area (Å²) in [5, 5.41) is 7.05. The van der Waals surface area contributed by atoms with Gasteiger partial charge in [-0.15, -0.1) is 0 Å². The zero-order chi connectivity index (χ0) is 13.7. The molecule has 19 heavy (non-hydrogen) atoms. The topological polar surface area (TPSA) is 66.9 Å². The monoisotopic (exact) mass is 258 g/mol. The van der Waals surface area contributed by atoms with Gasteiger partial charge in [0.25, 0.3) is 0 Å². The normalized spacial score (nSPS) is 10.7. The second-order valence-corrected chi connectivity index (χ2v) is 4.66. The predicted octanol–water partition coefficient (Wildman–Crippen LogP) is 1.96. The minimum atomic E-state index is 0.0451. The lowest BCUT2D eigenvalue weighted by atomic mass is 10.2. The lowest BCUT2D eigenvalue weighted by Gasteiger charge is -2.10. The van der Waals surface area contributed by atoms with E-state index in [2.05, 4.69) is 20.6 Å². The molecule has 0 spiro atoms. The fourth-order valence-corrected chi connectivity index (χ4v) is 1.83. The van der Waals surface area contributed by atoms with Crippen LogP contribution in [0, 0.1) is 0 Å². The lowest BCUT2D eigenvalue weighted by molar-refractivity contribution is -0.121. The first-order valence-electron chi connectivity index (χ1n) is 6.39. The van der Waals surface area contributed by atoms with E-state index in [1.165, 1.54) is 0 Å². The molecule has 0 aromatic carbocycles. The summed E-state index contributed by atoms with van der Waals surface area (Å²) in [5.41, 5.74) is 1.73. The smallest absolute Gasteiger partial charge is 0.221 e. The van der Waals surface area contributed by atoms with Crippen molar-refractivity contribution in [2.24, 2.45) is 0 Å². The summed E-state index contributed by atoms with van der Waals surface area (Å²) in [5.74, 6) is 0.0451. The molecule has 2 N–H and O–H groups in total. The number of hydrogen-bond donors (Lipinski definition) is 2. The average Bonchev–Trinajstić information content (AvgIpc) is 2.38. The number of carbonyl (C=O) groups excluding carboxylic acids is 1. The van der Waals surface area contributed by atoms with Crippen LogP contribution in [0.4, 0.5) is 5.69 Å². The number of rotatable bonds is 5. The summed E-state index contributed by atoms with van der Waals surface area (Å²) in [6, 6.07) is 4.02. The van der Waals surface area contributed by atoms with E-state index in [0.29, 0.717) is 13.0 Å². The van der Waals surface area contributed by atoms with Crippen molar-refractivity contribution < 1.29 is 4.79 Å². The molecule has 2 aromatic rings. The Morgan fingerprint density at radius 1 is 1.37 bits per heavy atom. The molecule has 1 amide bonds. The van der Waals surface area contributed by atoms with E-state index >= 15 is 0 Å². The summed E-state index contributed by atoms with van der Waals surface area (Å²) in [7, 11) is 0. The number of nitrogens with one attached hydrogen (secondary N) is 2. The van der Waals surface area contributed by atoms with Gasteiger partial charge < -0.3 is 10.6 Å². The molecule has 2 aromatic heterocycles. The van der Waals surface area contributed by atoms with Crippen molar-refractivity contribution >= 4 is 22.5 Å². The van der Waals surface area contributed by atoms with Gasteiger partial charge in [0.1, 0.15) is 0 Å². The summed E-state index contributed by atoms with van der Waals surface area (Å²) in [6.07, 6.45) is 5.69. The van der Waals surface area contributed by atoms with Gasteiger partial charge in [0.2, 0.25) is 5.91 Å². The third-order valence-electron chi connectivity index (χ3n) is 2.63. The second kappa shape index (κ2) is 6.13. The van der Waals surface area contributed by atoms with Gasteiger partial charge in [-0.25, -0.2) is 0 Å². The van der Waals surface area contributed by atoms with Crippen molar-refractivity contribution in [3.05, 3.63) is 30.7 Å². The third-order valence-corrected chi connectivity index (χ3v) is 2.63. The second-order valence-electron chi connectivity index (χ2n) is 4.66. The van der Waals surface area contributed by atoms with Crippen LogP contribution in [0.15, 0.2) is 30.7 Å². The van der Waals surface area contributed by atoms with Crippen LogP contribution in [0.1, 0.15) is 20.3 Å². The molecular weight excluding hydrogens is 240 g/mol. The first kappa shape index (κ1) is 13.3. The molecule has 0 bridgehead atoms. The molecule has 2 heterocycles. The van der Waals surface area contributed by atoms with Crippen LogP contribution in [0.25, 0.3) is 10.9 Å². The molecule has 0 saturated carbocycles. The number of aromatic nitrogens is 2. The number of pyridine rings is 2. The molecule has 0 aliphatic rings. The highest BCUT2D eigenvalue weighted by Crippen LogP contribution is 2.18. The van der Waals surface area contributed by atoms with Crippen molar-refractivity contribution in [1.82, 2.24) is 15.3 Å². The maximum absolute atomic E-state index is 11.5. The number of amides is 1. The number of nitrogens with zero attached hydrogens (tertiary/aromatic N) is 2. The Bertz CT molecular complexity index is 563. The maximum atomic E-state index is 11.5. The number of hydrogen-bond acceptors (Lipinski definition) is 4. The van der Waals surface area contributed by atoms with Gasteiger partial charge in [-0.1, -0.05) is 0 Å². The van der Waals surface area contributed by atoms with Gasteiger partial charge in [-0.2, -0.15) is 0 Å². The van der Waals surface area contributed by atoms with E-state index in [9.17, 15) is 4.79 Å². The van der Waals surface area contributed by atoms with E-state index in [1.54, 1.807) is 18.6 Å². The van der Waals surface area contributed by atoms with E-state index in [4.69, 9.17) is 0 Å². The quantitative estimate of drug-likeness (QED) is 0.860. The molecule has 100 valence electrons. The van der Waals surface area contributed by atoms with Crippen molar-refractivity contribution in [2.45, 2.75) is 26.3 Å². The number of anilines is 1. The molecule has 0 aliphatic carbocycles. The zero-order valence-corrected chi connectivity index (χ0v) is 11.2. The average molecular weight is 258 g/mol. The summed E-state index contributed by atoms with van der Waals surface area (Å²) >= 11 is 0. The van der Waals surface area contributed by atoms with Crippen LogP contribution >= 0.6 is 0 Å². The molecule has 5 heteroatoms. The molecule has 0 fully saturated rings. The third kappa shape index (κ3) is 3.64. The Morgan fingerprint density at radius 2 is 2.21 bits per heavy atom. The van der Waals surface area contributed by atoms with Crippen molar-refractivity contribution in [3.63, 3.8) is 0 Å². The highest BCUT2D eigenvalue weighted by Gasteiger charge is 2.05. The van der Waals surface area contributed by atoms with Gasteiger partial charge in [-0.3, -0.25) is 14.8 Å². The maximum Gasteiger partial charge on any atom is 0.221 e. The molecule has 0 atom stereocenters. The molecule has 0 saturated heterocycles. The van der Waals surface area contributed by atoms with Crippen molar-refractivity contribution in [3.8, 4) is 0 Å². The van der Waals surface area contributed by atoms with Gasteiger partial charge in [-0.05, 0) is 26.0 Å². The zero-order valence-electron chi connectivity index (χ0n) is 11.2. The molecular formula is C14H18N4O. The molecule has 0 radical (unpaired) electrons. The van der Waals surface area contributed by atoms with E-state index in [1.807, 2.05) is 26.0 Å². The van der Waals surface area contributed by atoms with Gasteiger partial charge in [0.15, 0.2) is 0 Å². The van der Waals surface area contributed by atoms with Crippen LogP contribution in [0.5, 0.6) is 0 Å². The van der Waals surface area contributed by atoms with Gasteiger partial charge in [0, 0.05) is 36.8 Å². The van der Waals surface area contributed by atoms with Crippen molar-refractivity contribution in [2.75, 3.05) is 11.9 Å². The SMILES string of the molecule is CC(C)NC(=O)CCNc1cncc2cccnc12. The number of fused-ring (bicyclic) bond motifs is 1. The minimum absolute atomic E-state index is 0.0451. The molecule has 0 aliphatic heterocycles. The highest BCUT2D eigenvalue weighted by molar-refractivity contribution is 5.89. The Labute approximate surface area is 112 Å². The van der Waals surface area contributed by atoms with Crippen LogP contribution in [0.3, 0.4) is 0 Å². The standard InChI is InChI=1S/C14H18N4O/c1-10(2)18-13(19)5-7-16-12-9-15-8-11-4-3-6-17-14(11)12/h3-4,6,8-10,16H,5,7H2,1-2H3,(H,18,19). The Morgan fingerprint density at radius 3 is 3.00 bits per heavy atom. The van der Waals surface area contributed by atoms with E-state index < -0.39 is 0 Å². The molecule has 5 nitrogen and oxygen atoms in total. The van der Waals surface area contributed by atoms with E-state index in [-0.39, 0.29) is 11.9 Å². The fourth-order valence-electron chi connectivity index (χ4n) is 1.83. The first-order valence-corrected chi connectivity index (χ1v) is 6.39. The fraction of sp³-hybridized carbons (Fsp3) is 0.357. The van der Waals surface area contributed by atoms with Crippen LogP contribution < -0.4 is 10.6 Å². The highest BCUT2D eigenvalue weighted by atomic mass is 16.1. The predicted molar refractivity (Wildman–Crippen MR) is 75.9 cm³/mol. The van der Waals surface area contributed by atoms with Gasteiger partial charge >= 0.3 is 0 Å². The number of carbonyl (C=O) groups is 1. The van der Waals surface area contributed by atoms with Crippen LogP contribution in [-0.4, -0.2) is 28.5 Å². The largest absolute Gasteiger partial charge is 0.382 e. The summed E-state index contributed by atoms with van der Waals surface area (Å²) in [4.78, 5) is 20.0. The Kier molecular flexibility index (Phi) is 4.28. The Hall–Kier alpha value is -2.17. The molecule has 0 unspecified atom stereocenters. The summed E-state index contributed by atoms with van der Waals surface area (Å²) in [6.45, 7) is 4.46. The van der Waals surface area contributed by atoms with Crippen molar-refractivity contribution in [1.29, 1.82) is 0 Å². The van der Waals surface area contributed by atoms with Crippen LogP contribution in [-0.2, 0) is 4.79 Å². The summed E-state index contributed by atoms with van der Waals surface area (Å²) < 4.78 is 0. The Balaban J connectivity index is 1.97. The van der Waals surface area contributed by atoms with Gasteiger partial charge in [0.05, 0.1) is 17.4 Å². The minimum Gasteiger partial charge on any atom is -0.382 e. The lowest BCUT2D eigenvalue weighted by Crippen LogP contribution is -2.31. The van der Waals surface area contributed by atoms with E-state index in [0.717, 1.165) is 16.6 Å². The first-order chi connectivity index (χ1) is 9.16.